The number of pyridine rings is 1. The summed E-state index contributed by atoms with van der Waals surface area (Å²) in [5, 5.41) is 10.3. The predicted molar refractivity (Wildman–Crippen MR) is 114 cm³/mol. The Bertz CT molecular complexity index is 1090. The summed E-state index contributed by atoms with van der Waals surface area (Å²) in [5.41, 5.74) is 8.43. The van der Waals surface area contributed by atoms with E-state index in [4.69, 9.17) is 15.9 Å². The highest BCUT2D eigenvalue weighted by Crippen LogP contribution is 2.20. The summed E-state index contributed by atoms with van der Waals surface area (Å²) in [7, 11) is 0. The average molecular weight is 407 g/mol. The number of ether oxygens (including phenoxy) is 1. The summed E-state index contributed by atoms with van der Waals surface area (Å²) in [6.45, 7) is 5.61. The number of fused-ring (bicyclic) bond motifs is 1. The van der Waals surface area contributed by atoms with Gasteiger partial charge in [-0.15, -0.1) is 0 Å². The van der Waals surface area contributed by atoms with Crippen molar-refractivity contribution in [1.29, 1.82) is 5.41 Å². The van der Waals surface area contributed by atoms with Crippen molar-refractivity contribution in [1.82, 2.24) is 14.7 Å². The Balaban J connectivity index is 1.63. The molecule has 1 aromatic carbocycles. The highest BCUT2D eigenvalue weighted by atomic mass is 16.6. The van der Waals surface area contributed by atoms with Crippen LogP contribution in [0.1, 0.15) is 43.1 Å². The van der Waals surface area contributed by atoms with Gasteiger partial charge in [-0.05, 0) is 45.0 Å². The summed E-state index contributed by atoms with van der Waals surface area (Å²) in [6, 6.07) is 10.6. The number of nitrogens with zero attached hydrogens (tertiary/aromatic N) is 2. The second-order valence-electron chi connectivity index (χ2n) is 7.89. The zero-order valence-corrected chi connectivity index (χ0v) is 17.2. The van der Waals surface area contributed by atoms with Gasteiger partial charge in [-0.2, -0.15) is 0 Å². The summed E-state index contributed by atoms with van der Waals surface area (Å²) < 4.78 is 7.03. The van der Waals surface area contributed by atoms with Crippen LogP contribution in [0.15, 0.2) is 48.8 Å². The molecule has 0 spiro atoms. The van der Waals surface area contributed by atoms with Crippen molar-refractivity contribution in [2.75, 3.05) is 6.54 Å². The highest BCUT2D eigenvalue weighted by Gasteiger charge is 2.16. The number of hydrogen-bond donors (Lipinski definition) is 3. The fraction of sp³-hybridized carbons (Fsp3) is 0.273. The Morgan fingerprint density at radius 2 is 1.77 bits per heavy atom. The number of hydrogen-bond acceptors (Lipinski definition) is 5. The second-order valence-corrected chi connectivity index (χ2v) is 7.89. The molecule has 30 heavy (non-hydrogen) atoms. The molecule has 3 aromatic rings. The van der Waals surface area contributed by atoms with E-state index in [1.54, 1.807) is 51.2 Å². The standard InChI is InChI=1S/C22H25N5O3/c1-22(2,3)30-19(28)10-11-25-21(29)15-6-4-14(5-7-15)17-13-27-12-16(20(23)24)8-9-18(27)26-17/h4-9,12-13H,10-11H2,1-3H3,(H3,23,24)(H,25,29). The van der Waals surface area contributed by atoms with Crippen LogP contribution in [0.4, 0.5) is 0 Å². The SMILES string of the molecule is CC(C)(C)OC(=O)CCNC(=O)c1ccc(-c2cn3cc(C(=N)N)ccc3n2)cc1. The van der Waals surface area contributed by atoms with Gasteiger partial charge in [-0.3, -0.25) is 15.0 Å². The number of imidazole rings is 1. The van der Waals surface area contributed by atoms with Crippen LogP contribution in [0, 0.1) is 5.41 Å². The topological polar surface area (TPSA) is 123 Å². The zero-order chi connectivity index (χ0) is 21.9. The van der Waals surface area contributed by atoms with Gasteiger partial charge in [0.05, 0.1) is 12.1 Å². The first-order valence-electron chi connectivity index (χ1n) is 9.56. The smallest absolute Gasteiger partial charge is 0.308 e. The Morgan fingerprint density at radius 3 is 2.40 bits per heavy atom. The largest absolute Gasteiger partial charge is 0.460 e. The van der Waals surface area contributed by atoms with Crippen LogP contribution in [-0.2, 0) is 9.53 Å². The Kier molecular flexibility index (Phi) is 5.86. The molecule has 0 radical (unpaired) electrons. The minimum absolute atomic E-state index is 0.00539. The van der Waals surface area contributed by atoms with Gasteiger partial charge in [0.1, 0.15) is 17.1 Å². The fourth-order valence-corrected chi connectivity index (χ4v) is 2.86. The van der Waals surface area contributed by atoms with Gasteiger partial charge < -0.3 is 20.2 Å². The predicted octanol–water partition coefficient (Wildman–Crippen LogP) is 2.75. The molecule has 4 N–H and O–H groups in total. The van der Waals surface area contributed by atoms with Gasteiger partial charge in [0.2, 0.25) is 0 Å². The molecule has 2 heterocycles. The van der Waals surface area contributed by atoms with Crippen molar-refractivity contribution in [2.24, 2.45) is 5.73 Å². The van der Waals surface area contributed by atoms with Crippen LogP contribution in [-0.4, -0.2) is 39.2 Å². The van der Waals surface area contributed by atoms with E-state index in [1.807, 2.05) is 22.7 Å². The van der Waals surface area contributed by atoms with E-state index in [-0.39, 0.29) is 30.7 Å². The summed E-state index contributed by atoms with van der Waals surface area (Å²) in [5.74, 6) is -0.613. The van der Waals surface area contributed by atoms with Crippen molar-refractivity contribution in [3.8, 4) is 11.3 Å². The van der Waals surface area contributed by atoms with Crippen LogP contribution < -0.4 is 11.1 Å². The van der Waals surface area contributed by atoms with Crippen molar-refractivity contribution >= 4 is 23.4 Å². The molecule has 0 aliphatic carbocycles. The Morgan fingerprint density at radius 1 is 1.10 bits per heavy atom. The van der Waals surface area contributed by atoms with Crippen molar-refractivity contribution < 1.29 is 14.3 Å². The molecule has 156 valence electrons. The monoisotopic (exact) mass is 407 g/mol. The van der Waals surface area contributed by atoms with Crippen LogP contribution in [0.3, 0.4) is 0 Å². The maximum Gasteiger partial charge on any atom is 0.308 e. The quantitative estimate of drug-likeness (QED) is 0.329. The highest BCUT2D eigenvalue weighted by molar-refractivity contribution is 5.95. The van der Waals surface area contributed by atoms with Gasteiger partial charge in [0.15, 0.2) is 0 Å². The molecule has 0 saturated carbocycles. The first-order valence-corrected chi connectivity index (χ1v) is 9.56. The number of carbonyl (C=O) groups excluding carboxylic acids is 2. The van der Waals surface area contributed by atoms with Gasteiger partial charge in [0.25, 0.3) is 5.91 Å². The molecule has 1 amide bonds. The minimum Gasteiger partial charge on any atom is -0.460 e. The lowest BCUT2D eigenvalue weighted by molar-refractivity contribution is -0.154. The van der Waals surface area contributed by atoms with E-state index in [1.165, 1.54) is 0 Å². The number of carbonyl (C=O) groups is 2. The van der Waals surface area contributed by atoms with Crippen LogP contribution in [0.5, 0.6) is 0 Å². The molecule has 0 saturated heterocycles. The van der Waals surface area contributed by atoms with Crippen LogP contribution >= 0.6 is 0 Å². The van der Waals surface area contributed by atoms with Crippen LogP contribution in [0.25, 0.3) is 16.9 Å². The normalized spacial score (nSPS) is 11.3. The number of amidine groups is 1. The molecule has 0 atom stereocenters. The molecular weight excluding hydrogens is 382 g/mol. The summed E-state index contributed by atoms with van der Waals surface area (Å²) in [6.07, 6.45) is 3.71. The molecule has 0 unspecified atom stereocenters. The first-order chi connectivity index (χ1) is 14.1. The lowest BCUT2D eigenvalue weighted by Crippen LogP contribution is -2.29. The third-order valence-corrected chi connectivity index (χ3v) is 4.24. The molecule has 0 aliphatic heterocycles. The first kappa shape index (κ1) is 21.0. The zero-order valence-electron chi connectivity index (χ0n) is 17.2. The van der Waals surface area contributed by atoms with Gasteiger partial charge in [-0.1, -0.05) is 12.1 Å². The minimum atomic E-state index is -0.539. The maximum absolute atomic E-state index is 12.3. The molecule has 8 heteroatoms. The van der Waals surface area contributed by atoms with E-state index >= 15 is 0 Å². The van der Waals surface area contributed by atoms with E-state index in [0.29, 0.717) is 11.1 Å². The number of amides is 1. The molecule has 8 nitrogen and oxygen atoms in total. The third kappa shape index (κ3) is 5.22. The molecule has 0 aliphatic rings. The number of aromatic nitrogens is 2. The summed E-state index contributed by atoms with van der Waals surface area (Å²) in [4.78, 5) is 28.6. The number of rotatable bonds is 6. The third-order valence-electron chi connectivity index (χ3n) is 4.24. The number of nitrogens with one attached hydrogen (secondary N) is 2. The van der Waals surface area contributed by atoms with Crippen molar-refractivity contribution in [2.45, 2.75) is 32.8 Å². The molecular formula is C22H25N5O3. The second kappa shape index (κ2) is 8.36. The van der Waals surface area contributed by atoms with Crippen molar-refractivity contribution in [3.63, 3.8) is 0 Å². The fourth-order valence-electron chi connectivity index (χ4n) is 2.86. The lowest BCUT2D eigenvalue weighted by atomic mass is 10.1. The average Bonchev–Trinajstić information content (AvgIpc) is 3.09. The van der Waals surface area contributed by atoms with Gasteiger partial charge >= 0.3 is 5.97 Å². The lowest BCUT2D eigenvalue weighted by Gasteiger charge is -2.19. The number of benzene rings is 1. The Hall–Kier alpha value is -3.68. The summed E-state index contributed by atoms with van der Waals surface area (Å²) >= 11 is 0. The van der Waals surface area contributed by atoms with Crippen LogP contribution in [0.2, 0.25) is 0 Å². The van der Waals surface area contributed by atoms with E-state index in [2.05, 4.69) is 10.3 Å². The van der Waals surface area contributed by atoms with Gasteiger partial charge in [-0.25, -0.2) is 4.98 Å². The van der Waals surface area contributed by atoms with E-state index in [0.717, 1.165) is 16.9 Å². The number of esters is 1. The molecule has 0 fully saturated rings. The molecule has 0 bridgehead atoms. The maximum atomic E-state index is 12.3. The van der Waals surface area contributed by atoms with Gasteiger partial charge in [0, 0.05) is 35.6 Å². The molecule has 3 rings (SSSR count). The van der Waals surface area contributed by atoms with E-state index in [9.17, 15) is 9.59 Å². The number of nitrogens with two attached hydrogens (primary N) is 1. The van der Waals surface area contributed by atoms with Crippen molar-refractivity contribution in [3.05, 3.63) is 59.9 Å². The molecule has 2 aromatic heterocycles. The Labute approximate surface area is 174 Å². The van der Waals surface area contributed by atoms with E-state index < -0.39 is 5.60 Å². The number of nitrogen functional groups attached to an aromatic ring is 1.